The van der Waals surface area contributed by atoms with Crippen LogP contribution in [0.5, 0.6) is 0 Å². The molecule has 0 atom stereocenters. The maximum absolute atomic E-state index is 5.41. The zero-order chi connectivity index (χ0) is 13.9. The van der Waals surface area contributed by atoms with Gasteiger partial charge in [0.05, 0.1) is 18.9 Å². The Labute approximate surface area is 122 Å². The normalized spacial score (nSPS) is 15.6. The monoisotopic (exact) mass is 290 g/mol. The van der Waals surface area contributed by atoms with Gasteiger partial charge in [-0.2, -0.15) is 0 Å². The van der Waals surface area contributed by atoms with Gasteiger partial charge in [-0.3, -0.25) is 4.57 Å². The topological polar surface area (TPSA) is 43.2 Å². The molecule has 0 aliphatic carbocycles. The van der Waals surface area contributed by atoms with Crippen LogP contribution in [-0.4, -0.2) is 47.3 Å². The largest absolute Gasteiger partial charge is 0.378 e. The molecule has 6 heteroatoms. The van der Waals surface area contributed by atoms with Crippen molar-refractivity contribution in [2.75, 3.05) is 37.5 Å². The maximum Gasteiger partial charge on any atom is 0.232 e. The fourth-order valence-corrected chi connectivity index (χ4v) is 2.77. The van der Waals surface area contributed by atoms with Crippen molar-refractivity contribution < 1.29 is 4.74 Å². The Hall–Kier alpha value is -1.53. The molecule has 1 fully saturated rings. The molecule has 2 heterocycles. The van der Waals surface area contributed by atoms with E-state index in [-0.39, 0.29) is 0 Å². The van der Waals surface area contributed by atoms with Crippen molar-refractivity contribution in [1.29, 1.82) is 0 Å². The first-order valence-electron chi connectivity index (χ1n) is 6.69. The summed E-state index contributed by atoms with van der Waals surface area (Å²) in [5, 5.41) is 9.59. The summed E-state index contributed by atoms with van der Waals surface area (Å²) >= 11 is 1.61. The molecule has 5 nitrogen and oxygen atoms in total. The van der Waals surface area contributed by atoms with Gasteiger partial charge in [0, 0.05) is 13.1 Å². The van der Waals surface area contributed by atoms with Crippen molar-refractivity contribution >= 4 is 17.7 Å². The minimum absolute atomic E-state index is 0.745. The summed E-state index contributed by atoms with van der Waals surface area (Å²) in [4.78, 5) is 2.23. The third-order valence-electron chi connectivity index (χ3n) is 3.38. The van der Waals surface area contributed by atoms with E-state index in [1.807, 2.05) is 6.26 Å². The summed E-state index contributed by atoms with van der Waals surface area (Å²) in [5.41, 5.74) is 2.35. The lowest BCUT2D eigenvalue weighted by atomic mass is 10.2. The van der Waals surface area contributed by atoms with E-state index in [0.29, 0.717) is 0 Å². The molecule has 0 saturated carbocycles. The lowest BCUT2D eigenvalue weighted by molar-refractivity contribution is 0.122. The van der Waals surface area contributed by atoms with Gasteiger partial charge in [0.15, 0.2) is 5.16 Å². The van der Waals surface area contributed by atoms with E-state index in [0.717, 1.165) is 43.1 Å². The smallest absolute Gasteiger partial charge is 0.232 e. The van der Waals surface area contributed by atoms with Gasteiger partial charge in [0.25, 0.3) is 0 Å². The quantitative estimate of drug-likeness (QED) is 0.810. The van der Waals surface area contributed by atoms with Crippen molar-refractivity contribution in [1.82, 2.24) is 14.8 Å². The van der Waals surface area contributed by atoms with Crippen LogP contribution < -0.4 is 4.90 Å². The molecule has 1 aliphatic heterocycles. The second-order valence-corrected chi connectivity index (χ2v) is 5.53. The first-order valence-corrected chi connectivity index (χ1v) is 7.91. The van der Waals surface area contributed by atoms with Crippen molar-refractivity contribution in [2.24, 2.45) is 0 Å². The zero-order valence-electron chi connectivity index (χ0n) is 11.7. The summed E-state index contributed by atoms with van der Waals surface area (Å²) < 4.78 is 7.53. The van der Waals surface area contributed by atoms with Gasteiger partial charge in [0.1, 0.15) is 0 Å². The molecule has 0 N–H and O–H groups in total. The number of aromatic nitrogens is 3. The fraction of sp³-hybridized carbons (Fsp3) is 0.429. The number of morpholine rings is 1. The highest BCUT2D eigenvalue weighted by molar-refractivity contribution is 7.98. The van der Waals surface area contributed by atoms with Gasteiger partial charge in [-0.15, -0.1) is 10.2 Å². The van der Waals surface area contributed by atoms with Crippen LogP contribution in [0.25, 0.3) is 5.69 Å². The van der Waals surface area contributed by atoms with Crippen LogP contribution >= 0.6 is 11.8 Å². The molecule has 0 spiro atoms. The van der Waals surface area contributed by atoms with Crippen LogP contribution in [-0.2, 0) is 4.74 Å². The predicted octanol–water partition coefficient (Wildman–Crippen LogP) is 2.13. The number of rotatable bonds is 3. The molecule has 106 valence electrons. The van der Waals surface area contributed by atoms with Gasteiger partial charge in [0.2, 0.25) is 5.95 Å². The van der Waals surface area contributed by atoms with Gasteiger partial charge in [-0.05, 0) is 25.3 Å². The molecule has 0 radical (unpaired) electrons. The molecule has 20 heavy (non-hydrogen) atoms. The van der Waals surface area contributed by atoms with E-state index in [9.17, 15) is 0 Å². The predicted molar refractivity (Wildman–Crippen MR) is 80.9 cm³/mol. The average Bonchev–Trinajstić information content (AvgIpc) is 2.93. The second-order valence-electron chi connectivity index (χ2n) is 4.76. The average molecular weight is 290 g/mol. The lowest BCUT2D eigenvalue weighted by Gasteiger charge is -2.27. The highest BCUT2D eigenvalue weighted by Crippen LogP contribution is 2.25. The minimum atomic E-state index is 0.745. The first kappa shape index (κ1) is 13.5. The Bertz CT molecular complexity index is 575. The Balaban J connectivity index is 2.02. The number of ether oxygens (including phenoxy) is 1. The van der Waals surface area contributed by atoms with E-state index in [4.69, 9.17) is 4.74 Å². The Morgan fingerprint density at radius 2 is 1.80 bits per heavy atom. The van der Waals surface area contributed by atoms with Crippen molar-refractivity contribution in [3.63, 3.8) is 0 Å². The number of nitrogens with zero attached hydrogens (tertiary/aromatic N) is 4. The summed E-state index contributed by atoms with van der Waals surface area (Å²) in [6, 6.07) is 8.45. The molecule has 0 unspecified atom stereocenters. The van der Waals surface area contributed by atoms with E-state index in [2.05, 4.69) is 50.9 Å². The Morgan fingerprint density at radius 1 is 1.10 bits per heavy atom. The summed E-state index contributed by atoms with van der Waals surface area (Å²) in [6.45, 7) is 5.30. The molecule has 2 aromatic rings. The minimum Gasteiger partial charge on any atom is -0.378 e. The number of aryl methyl sites for hydroxylation is 1. The van der Waals surface area contributed by atoms with E-state index in [1.54, 1.807) is 11.8 Å². The third-order valence-corrected chi connectivity index (χ3v) is 4.01. The van der Waals surface area contributed by atoms with Gasteiger partial charge >= 0.3 is 0 Å². The molecule has 1 aliphatic rings. The Kier molecular flexibility index (Phi) is 3.93. The number of hydrogen-bond donors (Lipinski definition) is 0. The first-order chi connectivity index (χ1) is 9.79. The van der Waals surface area contributed by atoms with Crippen LogP contribution in [0.2, 0.25) is 0 Å². The maximum atomic E-state index is 5.41. The fourth-order valence-electron chi connectivity index (χ4n) is 2.28. The molecule has 0 bridgehead atoms. The standard InChI is InChI=1S/C14H18N4OS/c1-11-3-5-12(6-4-11)18-13(15-16-14(18)20-2)17-7-9-19-10-8-17/h3-6H,7-10H2,1-2H3. The number of thioether (sulfide) groups is 1. The number of anilines is 1. The summed E-state index contributed by atoms with van der Waals surface area (Å²) in [5.74, 6) is 0.904. The Morgan fingerprint density at radius 3 is 2.45 bits per heavy atom. The molecule has 1 aromatic carbocycles. The molecular weight excluding hydrogens is 272 g/mol. The van der Waals surface area contributed by atoms with Gasteiger partial charge in [-0.1, -0.05) is 29.5 Å². The van der Waals surface area contributed by atoms with Crippen molar-refractivity contribution in [3.8, 4) is 5.69 Å². The third kappa shape index (κ3) is 2.53. The van der Waals surface area contributed by atoms with Crippen LogP contribution in [0.1, 0.15) is 5.56 Å². The molecule has 1 aromatic heterocycles. The summed E-state index contributed by atoms with van der Waals surface area (Å²) in [6.07, 6.45) is 2.03. The molecule has 3 rings (SSSR count). The van der Waals surface area contributed by atoms with E-state index in [1.165, 1.54) is 5.56 Å². The summed E-state index contributed by atoms with van der Waals surface area (Å²) in [7, 11) is 0. The van der Waals surface area contributed by atoms with Gasteiger partial charge < -0.3 is 9.64 Å². The highest BCUT2D eigenvalue weighted by atomic mass is 32.2. The van der Waals surface area contributed by atoms with Crippen LogP contribution in [0.4, 0.5) is 5.95 Å². The van der Waals surface area contributed by atoms with Gasteiger partial charge in [-0.25, -0.2) is 0 Å². The number of benzene rings is 1. The van der Waals surface area contributed by atoms with Crippen molar-refractivity contribution in [2.45, 2.75) is 12.1 Å². The molecular formula is C14H18N4OS. The SMILES string of the molecule is CSc1nnc(N2CCOCC2)n1-c1ccc(C)cc1. The van der Waals surface area contributed by atoms with E-state index < -0.39 is 0 Å². The van der Waals surface area contributed by atoms with Crippen LogP contribution in [0, 0.1) is 6.92 Å². The highest BCUT2D eigenvalue weighted by Gasteiger charge is 2.20. The zero-order valence-corrected chi connectivity index (χ0v) is 12.6. The molecule has 1 saturated heterocycles. The number of hydrogen-bond acceptors (Lipinski definition) is 5. The van der Waals surface area contributed by atoms with Crippen LogP contribution in [0.15, 0.2) is 29.4 Å². The second kappa shape index (κ2) is 5.85. The van der Waals surface area contributed by atoms with Crippen LogP contribution in [0.3, 0.4) is 0 Å². The van der Waals surface area contributed by atoms with E-state index >= 15 is 0 Å². The van der Waals surface area contributed by atoms with Crippen molar-refractivity contribution in [3.05, 3.63) is 29.8 Å². The molecule has 0 amide bonds. The lowest BCUT2D eigenvalue weighted by Crippen LogP contribution is -2.37.